The first kappa shape index (κ1) is 27.5. The lowest BCUT2D eigenvalue weighted by molar-refractivity contribution is -0.655. The third kappa shape index (κ3) is 7.69. The Kier molecular flexibility index (Phi) is 8.30. The number of amides is 1. The maximum atomic E-state index is 12.2. The van der Waals surface area contributed by atoms with E-state index >= 15 is 0 Å². The fourth-order valence-electron chi connectivity index (χ4n) is 3.71. The predicted molar refractivity (Wildman–Crippen MR) is 135 cm³/mol. The lowest BCUT2D eigenvalue weighted by Crippen LogP contribution is -2.53. The largest absolute Gasteiger partial charge is 0.490 e. The second-order valence-electron chi connectivity index (χ2n) is 11.2. The topological polar surface area (TPSA) is 116 Å². The number of nitrogens with zero attached hydrogens (tertiary/aromatic N) is 2. The van der Waals surface area contributed by atoms with Crippen LogP contribution in [0.25, 0.3) is 10.8 Å². The van der Waals surface area contributed by atoms with Gasteiger partial charge in [-0.2, -0.15) is 0 Å². The molecule has 2 aromatic rings. The number of rotatable bonds is 8. The lowest BCUT2D eigenvalue weighted by Gasteiger charge is -2.38. The number of nitrogens with one attached hydrogen (secondary N) is 1. The lowest BCUT2D eigenvalue weighted by atomic mass is 10.0. The number of hydrogen-bond acceptors (Lipinski definition) is 8. The molecule has 1 aromatic heterocycles. The van der Waals surface area contributed by atoms with Crippen LogP contribution in [0.15, 0.2) is 30.5 Å². The fourth-order valence-corrected chi connectivity index (χ4v) is 3.71. The number of carbonyl (C=O) groups excluding carboxylic acids is 2. The molecule has 1 atom stereocenters. The summed E-state index contributed by atoms with van der Waals surface area (Å²) in [6.07, 6.45) is 0.715. The van der Waals surface area contributed by atoms with Crippen molar-refractivity contribution in [1.29, 1.82) is 0 Å². The van der Waals surface area contributed by atoms with Gasteiger partial charge in [-0.1, -0.05) is 6.07 Å². The molecule has 2 heterocycles. The Morgan fingerprint density at radius 1 is 1.08 bits per heavy atom. The number of nitrogens with two attached hydrogens (primary N) is 1. The smallest absolute Gasteiger partial charge is 0.410 e. The summed E-state index contributed by atoms with van der Waals surface area (Å²) in [7, 11) is 1.96. The van der Waals surface area contributed by atoms with Crippen LogP contribution in [0.3, 0.4) is 0 Å². The van der Waals surface area contributed by atoms with Gasteiger partial charge in [0.15, 0.2) is 0 Å². The third-order valence-electron chi connectivity index (χ3n) is 5.48. The predicted octanol–water partition coefficient (Wildman–Crippen LogP) is 2.92. The van der Waals surface area contributed by atoms with Gasteiger partial charge in [0.05, 0.1) is 19.8 Å². The number of esters is 1. The van der Waals surface area contributed by atoms with E-state index in [0.717, 1.165) is 23.1 Å². The van der Waals surface area contributed by atoms with E-state index < -0.39 is 23.3 Å². The van der Waals surface area contributed by atoms with Crippen molar-refractivity contribution >= 4 is 28.7 Å². The van der Waals surface area contributed by atoms with Gasteiger partial charge >= 0.3 is 12.1 Å². The van der Waals surface area contributed by atoms with Crippen molar-refractivity contribution in [1.82, 2.24) is 4.90 Å². The highest BCUT2D eigenvalue weighted by atomic mass is 16.7. The van der Waals surface area contributed by atoms with Crippen LogP contribution in [0.1, 0.15) is 41.5 Å². The molecule has 36 heavy (non-hydrogen) atoms. The number of ether oxygens (including phenoxy) is 3. The van der Waals surface area contributed by atoms with Gasteiger partial charge in [-0.05, 0) is 59.1 Å². The highest BCUT2D eigenvalue weighted by Gasteiger charge is 2.34. The molecule has 1 fully saturated rings. The zero-order valence-corrected chi connectivity index (χ0v) is 22.3. The summed E-state index contributed by atoms with van der Waals surface area (Å²) in [5.41, 5.74) is -1.13. The molecular weight excluding hydrogens is 464 g/mol. The summed E-state index contributed by atoms with van der Waals surface area (Å²) in [5, 5.41) is 5.49. The average molecular weight is 504 g/mol. The van der Waals surface area contributed by atoms with Crippen LogP contribution in [0.5, 0.6) is 5.75 Å². The van der Waals surface area contributed by atoms with Gasteiger partial charge in [0.1, 0.15) is 23.6 Å². The second-order valence-corrected chi connectivity index (χ2v) is 11.2. The van der Waals surface area contributed by atoms with Gasteiger partial charge in [-0.3, -0.25) is 10.2 Å². The molecule has 0 unspecified atom stereocenters. The normalized spacial score (nSPS) is 15.3. The number of benzene rings is 1. The SMILES string of the molecule is C[n+]1cc2cc(OC[C@H](ON)C(=O)OC(C)(C)C)ccc2cc1NCC1CN(C(=O)OC(C)(C)C)C1. The number of likely N-dealkylation sites (tertiary alicyclic amines) is 1. The molecule has 0 spiro atoms. The van der Waals surface area contributed by atoms with E-state index in [2.05, 4.69) is 11.4 Å². The van der Waals surface area contributed by atoms with E-state index in [9.17, 15) is 9.59 Å². The van der Waals surface area contributed by atoms with E-state index in [1.165, 1.54) is 0 Å². The summed E-state index contributed by atoms with van der Waals surface area (Å²) < 4.78 is 18.5. The minimum atomic E-state index is -1.03. The Bertz CT molecular complexity index is 1090. The first-order valence-electron chi connectivity index (χ1n) is 12.1. The van der Waals surface area contributed by atoms with Gasteiger partial charge in [-0.25, -0.2) is 20.1 Å². The molecule has 0 bridgehead atoms. The number of fused-ring (bicyclic) bond motifs is 1. The van der Waals surface area contributed by atoms with E-state index in [-0.39, 0.29) is 12.7 Å². The fraction of sp³-hybridized carbons (Fsp3) is 0.577. The van der Waals surface area contributed by atoms with Gasteiger partial charge in [-0.15, -0.1) is 0 Å². The van der Waals surface area contributed by atoms with Crippen LogP contribution in [0, 0.1) is 5.92 Å². The number of carbonyl (C=O) groups is 2. The molecule has 1 aliphatic heterocycles. The number of aryl methyl sites for hydroxylation is 1. The summed E-state index contributed by atoms with van der Waals surface area (Å²) >= 11 is 0. The zero-order valence-electron chi connectivity index (χ0n) is 22.3. The Morgan fingerprint density at radius 3 is 2.36 bits per heavy atom. The van der Waals surface area contributed by atoms with Crippen LogP contribution in [-0.4, -0.2) is 60.5 Å². The van der Waals surface area contributed by atoms with E-state index in [1.54, 1.807) is 25.7 Å². The minimum absolute atomic E-state index is 0.0651. The molecule has 1 saturated heterocycles. The first-order valence-corrected chi connectivity index (χ1v) is 12.1. The van der Waals surface area contributed by atoms with Crippen LogP contribution in [-0.2, 0) is 26.2 Å². The molecular formula is C26H39N4O6+. The van der Waals surface area contributed by atoms with Crippen LogP contribution < -0.4 is 20.5 Å². The quantitative estimate of drug-likeness (QED) is 0.321. The molecule has 10 heteroatoms. The second kappa shape index (κ2) is 10.9. The van der Waals surface area contributed by atoms with E-state index in [0.29, 0.717) is 24.8 Å². The molecule has 3 rings (SSSR count). The summed E-state index contributed by atoms with van der Waals surface area (Å²) in [5.74, 6) is 6.62. The number of hydrogen-bond donors (Lipinski definition) is 2. The Hall–Kier alpha value is -3.11. The molecule has 0 saturated carbocycles. The average Bonchev–Trinajstić information content (AvgIpc) is 2.70. The van der Waals surface area contributed by atoms with E-state index in [4.69, 9.17) is 24.9 Å². The van der Waals surface area contributed by atoms with Crippen molar-refractivity contribution in [3.8, 4) is 5.75 Å². The molecule has 3 N–H and O–H groups in total. The molecule has 1 aromatic carbocycles. The van der Waals surface area contributed by atoms with Crippen LogP contribution in [0.2, 0.25) is 0 Å². The van der Waals surface area contributed by atoms with Crippen LogP contribution in [0.4, 0.5) is 10.6 Å². The van der Waals surface area contributed by atoms with Gasteiger partial charge < -0.3 is 19.1 Å². The highest BCUT2D eigenvalue weighted by molar-refractivity contribution is 5.84. The summed E-state index contributed by atoms with van der Waals surface area (Å²) in [6, 6.07) is 7.75. The summed E-state index contributed by atoms with van der Waals surface area (Å²) in [6.45, 7) is 13.0. The van der Waals surface area contributed by atoms with Crippen molar-refractivity contribution in [3.05, 3.63) is 30.5 Å². The van der Waals surface area contributed by atoms with Crippen molar-refractivity contribution in [2.45, 2.75) is 58.8 Å². The zero-order chi connectivity index (χ0) is 26.7. The van der Waals surface area contributed by atoms with Gasteiger partial charge in [0.25, 0.3) is 5.82 Å². The standard InChI is InChI=1S/C26H38N4O6/c1-25(2,3)34-23(31)21(36-27)16-33-20-9-8-18-11-22(29(7)15-19(18)10-20)28-12-17-13-30(14-17)24(32)35-26(4,5)6/h8-11,15,17,21H,12-14,16,27H2,1-7H3/p+1/t21-/m0/s1. The maximum absolute atomic E-state index is 12.2. The van der Waals surface area contributed by atoms with Crippen molar-refractivity contribution in [2.75, 3.05) is 31.6 Å². The molecule has 0 radical (unpaired) electrons. The highest BCUT2D eigenvalue weighted by Crippen LogP contribution is 2.24. The molecule has 1 aliphatic rings. The monoisotopic (exact) mass is 503 g/mol. The van der Waals surface area contributed by atoms with Gasteiger partial charge in [0.2, 0.25) is 6.10 Å². The summed E-state index contributed by atoms with van der Waals surface area (Å²) in [4.78, 5) is 30.8. The Balaban J connectivity index is 1.55. The van der Waals surface area contributed by atoms with Crippen molar-refractivity contribution in [3.63, 3.8) is 0 Å². The number of pyridine rings is 1. The van der Waals surface area contributed by atoms with Crippen molar-refractivity contribution < 1.29 is 33.2 Å². The van der Waals surface area contributed by atoms with Crippen LogP contribution >= 0.6 is 0 Å². The van der Waals surface area contributed by atoms with E-state index in [1.807, 2.05) is 56.8 Å². The minimum Gasteiger partial charge on any atom is -0.490 e. The molecule has 198 valence electrons. The molecule has 10 nitrogen and oxygen atoms in total. The Morgan fingerprint density at radius 2 is 1.75 bits per heavy atom. The number of anilines is 1. The maximum Gasteiger partial charge on any atom is 0.410 e. The van der Waals surface area contributed by atoms with Gasteiger partial charge in [0, 0.05) is 30.5 Å². The molecule has 0 aliphatic carbocycles. The first-order chi connectivity index (χ1) is 16.7. The Labute approximate surface area is 212 Å². The van der Waals surface area contributed by atoms with Crippen molar-refractivity contribution in [2.24, 2.45) is 18.9 Å². The molecule has 1 amide bonds. The number of aromatic nitrogens is 1. The third-order valence-corrected chi connectivity index (χ3v) is 5.48.